The molecule has 1 saturated heterocycles. The van der Waals surface area contributed by atoms with Gasteiger partial charge in [0.2, 0.25) is 0 Å². The van der Waals surface area contributed by atoms with Crippen molar-refractivity contribution in [2.24, 2.45) is 0 Å². The molecule has 88 valence electrons. The largest absolute Gasteiger partial charge is 0.315 e. The van der Waals surface area contributed by atoms with Crippen LogP contribution < -0.4 is 10.6 Å². The normalized spacial score (nSPS) is 24.9. The first-order valence-corrected chi connectivity index (χ1v) is 6.11. The van der Waals surface area contributed by atoms with E-state index >= 15 is 0 Å². The van der Waals surface area contributed by atoms with Crippen LogP contribution in [0.5, 0.6) is 0 Å². The molecule has 1 aliphatic heterocycles. The van der Waals surface area contributed by atoms with Crippen molar-refractivity contribution in [3.8, 4) is 0 Å². The van der Waals surface area contributed by atoms with Crippen molar-refractivity contribution in [3.63, 3.8) is 0 Å². The SMILES string of the molecule is CC1(NCc2ccc(Cl)nc2Cl)CCNC1. The molecule has 1 aromatic rings. The fourth-order valence-electron chi connectivity index (χ4n) is 1.85. The highest BCUT2D eigenvalue weighted by atomic mass is 35.5. The molecule has 0 bridgehead atoms. The summed E-state index contributed by atoms with van der Waals surface area (Å²) in [5.74, 6) is 0. The number of hydrogen-bond acceptors (Lipinski definition) is 3. The lowest BCUT2D eigenvalue weighted by atomic mass is 10.0. The maximum atomic E-state index is 6.01. The zero-order valence-corrected chi connectivity index (χ0v) is 10.7. The van der Waals surface area contributed by atoms with E-state index in [1.165, 1.54) is 0 Å². The first kappa shape index (κ1) is 12.1. The van der Waals surface area contributed by atoms with Gasteiger partial charge in [-0.25, -0.2) is 4.98 Å². The molecule has 0 aliphatic carbocycles. The van der Waals surface area contributed by atoms with Gasteiger partial charge in [-0.05, 0) is 26.0 Å². The number of rotatable bonds is 3. The van der Waals surface area contributed by atoms with Crippen LogP contribution in [0.2, 0.25) is 10.3 Å². The van der Waals surface area contributed by atoms with Gasteiger partial charge in [0.1, 0.15) is 10.3 Å². The molecule has 0 saturated carbocycles. The van der Waals surface area contributed by atoms with Crippen LogP contribution in [0, 0.1) is 0 Å². The second kappa shape index (κ2) is 4.88. The molecule has 1 aromatic heterocycles. The van der Waals surface area contributed by atoms with E-state index in [1.54, 1.807) is 6.07 Å². The van der Waals surface area contributed by atoms with Crippen LogP contribution in [-0.4, -0.2) is 23.6 Å². The highest BCUT2D eigenvalue weighted by Gasteiger charge is 2.27. The zero-order valence-electron chi connectivity index (χ0n) is 9.19. The zero-order chi connectivity index (χ0) is 11.6. The summed E-state index contributed by atoms with van der Waals surface area (Å²) in [6, 6.07) is 3.68. The summed E-state index contributed by atoms with van der Waals surface area (Å²) >= 11 is 11.8. The van der Waals surface area contributed by atoms with Gasteiger partial charge >= 0.3 is 0 Å². The number of aromatic nitrogens is 1. The van der Waals surface area contributed by atoms with E-state index in [2.05, 4.69) is 22.5 Å². The Morgan fingerprint density at radius 1 is 1.50 bits per heavy atom. The molecule has 0 aromatic carbocycles. The molecular weight excluding hydrogens is 245 g/mol. The molecule has 2 N–H and O–H groups in total. The number of halogens is 2. The monoisotopic (exact) mass is 259 g/mol. The van der Waals surface area contributed by atoms with E-state index in [4.69, 9.17) is 23.2 Å². The van der Waals surface area contributed by atoms with Gasteiger partial charge in [-0.3, -0.25) is 0 Å². The standard InChI is InChI=1S/C11H15Cl2N3/c1-11(4-5-14-7-11)15-6-8-2-3-9(12)16-10(8)13/h2-3,14-15H,4-7H2,1H3. The van der Waals surface area contributed by atoms with Gasteiger partial charge in [0.05, 0.1) is 0 Å². The van der Waals surface area contributed by atoms with E-state index in [0.29, 0.717) is 10.3 Å². The topological polar surface area (TPSA) is 37.0 Å². The third-order valence-electron chi connectivity index (χ3n) is 2.97. The third kappa shape index (κ3) is 2.86. The summed E-state index contributed by atoms with van der Waals surface area (Å²) < 4.78 is 0. The van der Waals surface area contributed by atoms with E-state index in [0.717, 1.165) is 31.6 Å². The van der Waals surface area contributed by atoms with Crippen molar-refractivity contribution >= 4 is 23.2 Å². The molecule has 2 heterocycles. The van der Waals surface area contributed by atoms with Crippen molar-refractivity contribution in [3.05, 3.63) is 28.0 Å². The van der Waals surface area contributed by atoms with Gasteiger partial charge in [0.25, 0.3) is 0 Å². The predicted molar refractivity (Wildman–Crippen MR) is 67.0 cm³/mol. The summed E-state index contributed by atoms with van der Waals surface area (Å²) in [6.07, 6.45) is 1.13. The van der Waals surface area contributed by atoms with Crippen LogP contribution >= 0.6 is 23.2 Å². The van der Waals surface area contributed by atoms with Crippen molar-refractivity contribution in [2.45, 2.75) is 25.4 Å². The molecule has 2 rings (SSSR count). The first-order chi connectivity index (χ1) is 7.59. The second-order valence-corrected chi connectivity index (χ2v) is 5.17. The Kier molecular flexibility index (Phi) is 3.70. The highest BCUT2D eigenvalue weighted by molar-refractivity contribution is 6.32. The number of hydrogen-bond donors (Lipinski definition) is 2. The lowest BCUT2D eigenvalue weighted by Crippen LogP contribution is -2.43. The Balaban J connectivity index is 1.99. The highest BCUT2D eigenvalue weighted by Crippen LogP contribution is 2.19. The lowest BCUT2D eigenvalue weighted by Gasteiger charge is -2.24. The summed E-state index contributed by atoms with van der Waals surface area (Å²) in [6.45, 7) is 4.99. The van der Waals surface area contributed by atoms with Crippen molar-refractivity contribution < 1.29 is 0 Å². The predicted octanol–water partition coefficient (Wildman–Crippen LogP) is 2.23. The molecule has 16 heavy (non-hydrogen) atoms. The minimum atomic E-state index is 0.156. The number of nitrogens with zero attached hydrogens (tertiary/aromatic N) is 1. The van der Waals surface area contributed by atoms with Gasteiger partial charge in [-0.2, -0.15) is 0 Å². The average Bonchev–Trinajstić information content (AvgIpc) is 2.64. The van der Waals surface area contributed by atoms with E-state index < -0.39 is 0 Å². The van der Waals surface area contributed by atoms with E-state index in [1.807, 2.05) is 6.07 Å². The summed E-state index contributed by atoms with van der Waals surface area (Å²) in [5, 5.41) is 7.76. The van der Waals surface area contributed by atoms with Gasteiger partial charge in [-0.15, -0.1) is 0 Å². The molecule has 1 atom stereocenters. The fourth-order valence-corrected chi connectivity index (χ4v) is 2.26. The molecule has 1 aliphatic rings. The van der Waals surface area contributed by atoms with Gasteiger partial charge in [0.15, 0.2) is 0 Å². The Morgan fingerprint density at radius 3 is 2.94 bits per heavy atom. The molecule has 0 spiro atoms. The van der Waals surface area contributed by atoms with Crippen molar-refractivity contribution in [1.29, 1.82) is 0 Å². The van der Waals surface area contributed by atoms with Crippen molar-refractivity contribution in [2.75, 3.05) is 13.1 Å². The Bertz CT molecular complexity index is 375. The van der Waals surface area contributed by atoms with Gasteiger partial charge in [-0.1, -0.05) is 29.3 Å². The molecule has 1 unspecified atom stereocenters. The van der Waals surface area contributed by atoms with E-state index in [-0.39, 0.29) is 5.54 Å². The molecule has 1 fully saturated rings. The maximum Gasteiger partial charge on any atom is 0.135 e. The van der Waals surface area contributed by atoms with E-state index in [9.17, 15) is 0 Å². The molecule has 3 nitrogen and oxygen atoms in total. The van der Waals surface area contributed by atoms with Crippen LogP contribution in [0.3, 0.4) is 0 Å². The molecule has 0 amide bonds. The van der Waals surface area contributed by atoms with Crippen LogP contribution in [0.4, 0.5) is 0 Å². The van der Waals surface area contributed by atoms with Crippen LogP contribution in [0.1, 0.15) is 18.9 Å². The average molecular weight is 260 g/mol. The third-order valence-corrected chi connectivity index (χ3v) is 3.50. The van der Waals surface area contributed by atoms with Crippen LogP contribution in [0.15, 0.2) is 12.1 Å². The van der Waals surface area contributed by atoms with Crippen LogP contribution in [-0.2, 0) is 6.54 Å². The Hall–Kier alpha value is -0.350. The number of pyridine rings is 1. The second-order valence-electron chi connectivity index (χ2n) is 4.42. The smallest absolute Gasteiger partial charge is 0.135 e. The van der Waals surface area contributed by atoms with Gasteiger partial charge < -0.3 is 10.6 Å². The summed E-state index contributed by atoms with van der Waals surface area (Å²) in [4.78, 5) is 4.02. The quantitative estimate of drug-likeness (QED) is 0.818. The molecule has 5 heteroatoms. The minimum Gasteiger partial charge on any atom is -0.315 e. The maximum absolute atomic E-state index is 6.01. The first-order valence-electron chi connectivity index (χ1n) is 5.36. The number of nitrogens with one attached hydrogen (secondary N) is 2. The summed E-state index contributed by atoms with van der Waals surface area (Å²) in [5.41, 5.74) is 1.14. The van der Waals surface area contributed by atoms with Crippen LogP contribution in [0.25, 0.3) is 0 Å². The fraction of sp³-hybridized carbons (Fsp3) is 0.545. The minimum absolute atomic E-state index is 0.156. The lowest BCUT2D eigenvalue weighted by molar-refractivity contribution is 0.385. The Morgan fingerprint density at radius 2 is 2.31 bits per heavy atom. The van der Waals surface area contributed by atoms with Crippen molar-refractivity contribution in [1.82, 2.24) is 15.6 Å². The Labute approximate surface area is 106 Å². The van der Waals surface area contributed by atoms with Gasteiger partial charge in [0, 0.05) is 24.2 Å². The summed E-state index contributed by atoms with van der Waals surface area (Å²) in [7, 11) is 0. The molecule has 0 radical (unpaired) electrons. The molecular formula is C11H15Cl2N3.